The first kappa shape index (κ1) is 21.5. The maximum atomic E-state index is 13.0. The van der Waals surface area contributed by atoms with Crippen LogP contribution in [0, 0.1) is 0 Å². The lowest BCUT2D eigenvalue weighted by atomic mass is 10.2. The van der Waals surface area contributed by atoms with Crippen LogP contribution in [0.15, 0.2) is 53.3 Å². The van der Waals surface area contributed by atoms with Crippen LogP contribution in [0.5, 0.6) is 17.2 Å². The van der Waals surface area contributed by atoms with E-state index in [2.05, 4.69) is 17.0 Å². The lowest BCUT2D eigenvalue weighted by Gasteiger charge is -2.24. The van der Waals surface area contributed by atoms with Crippen LogP contribution in [0.4, 0.5) is 0 Å². The molecule has 1 unspecified atom stereocenters. The Morgan fingerprint density at radius 2 is 1.94 bits per heavy atom. The maximum Gasteiger partial charge on any atom is 0.291 e. The standard InChI is InChI=1S/C25H25N3O4S/c1-2-3-4-9-14-30-18-11-6-5-10-17(18)15-22-24(29)28-25(33-22)26-23(27-28)21-16-31-19-12-7-8-13-20(19)32-21/h5-8,10-13,15,21H,2-4,9,14,16H2,1H3. The minimum Gasteiger partial charge on any atom is -0.493 e. The van der Waals surface area contributed by atoms with E-state index in [9.17, 15) is 4.79 Å². The third-order valence-corrected chi connectivity index (χ3v) is 6.42. The Hall–Kier alpha value is -3.39. The van der Waals surface area contributed by atoms with Gasteiger partial charge in [0, 0.05) is 5.56 Å². The van der Waals surface area contributed by atoms with Crippen LogP contribution in [-0.4, -0.2) is 27.8 Å². The molecule has 2 aromatic heterocycles. The number of benzene rings is 2. The molecule has 3 heterocycles. The number of unbranched alkanes of at least 4 members (excludes halogenated alkanes) is 3. The van der Waals surface area contributed by atoms with Crippen molar-refractivity contribution in [1.29, 1.82) is 0 Å². The molecular weight excluding hydrogens is 438 g/mol. The van der Waals surface area contributed by atoms with Gasteiger partial charge in [0.05, 0.1) is 11.1 Å². The van der Waals surface area contributed by atoms with Gasteiger partial charge in [-0.1, -0.05) is 67.9 Å². The minimum atomic E-state index is -0.458. The van der Waals surface area contributed by atoms with Crippen LogP contribution in [0.25, 0.3) is 11.0 Å². The van der Waals surface area contributed by atoms with Crippen molar-refractivity contribution < 1.29 is 14.2 Å². The van der Waals surface area contributed by atoms with Gasteiger partial charge in [0.15, 0.2) is 23.4 Å². The lowest BCUT2D eigenvalue weighted by Crippen LogP contribution is -2.26. The molecule has 5 rings (SSSR count). The predicted octanol–water partition coefficient (Wildman–Crippen LogP) is 4.17. The predicted molar refractivity (Wildman–Crippen MR) is 127 cm³/mol. The van der Waals surface area contributed by atoms with Gasteiger partial charge in [0.2, 0.25) is 4.96 Å². The van der Waals surface area contributed by atoms with Crippen molar-refractivity contribution in [3.8, 4) is 17.2 Å². The summed E-state index contributed by atoms with van der Waals surface area (Å²) in [6.07, 6.45) is 5.98. The Bertz CT molecular complexity index is 1360. The molecule has 0 fully saturated rings. The fourth-order valence-corrected chi connectivity index (χ4v) is 4.62. The van der Waals surface area contributed by atoms with Crippen molar-refractivity contribution in [2.24, 2.45) is 0 Å². The molecule has 1 aliphatic heterocycles. The van der Waals surface area contributed by atoms with Crippen molar-refractivity contribution in [2.75, 3.05) is 13.2 Å². The van der Waals surface area contributed by atoms with Crippen molar-refractivity contribution in [2.45, 2.75) is 38.7 Å². The number of para-hydroxylation sites is 3. The van der Waals surface area contributed by atoms with Gasteiger partial charge in [-0.3, -0.25) is 4.79 Å². The second kappa shape index (κ2) is 9.62. The number of thiazole rings is 1. The molecule has 33 heavy (non-hydrogen) atoms. The number of aromatic nitrogens is 3. The third-order valence-electron chi connectivity index (χ3n) is 5.46. The Labute approximate surface area is 195 Å². The first-order chi connectivity index (χ1) is 16.2. The van der Waals surface area contributed by atoms with Gasteiger partial charge in [-0.25, -0.2) is 0 Å². The van der Waals surface area contributed by atoms with Gasteiger partial charge in [0.1, 0.15) is 12.4 Å². The average molecular weight is 464 g/mol. The topological polar surface area (TPSA) is 74.9 Å². The average Bonchev–Trinajstić information content (AvgIpc) is 3.39. The second-order valence-electron chi connectivity index (χ2n) is 7.89. The van der Waals surface area contributed by atoms with E-state index >= 15 is 0 Å². The van der Waals surface area contributed by atoms with Crippen LogP contribution in [-0.2, 0) is 0 Å². The van der Waals surface area contributed by atoms with E-state index in [1.165, 1.54) is 28.7 Å². The first-order valence-corrected chi connectivity index (χ1v) is 12.1. The van der Waals surface area contributed by atoms with Crippen LogP contribution in [0.2, 0.25) is 0 Å². The second-order valence-corrected chi connectivity index (χ2v) is 8.90. The van der Waals surface area contributed by atoms with Crippen LogP contribution in [0.1, 0.15) is 50.1 Å². The van der Waals surface area contributed by atoms with E-state index in [0.717, 1.165) is 24.2 Å². The van der Waals surface area contributed by atoms with Crippen molar-refractivity contribution in [3.63, 3.8) is 0 Å². The van der Waals surface area contributed by atoms with Gasteiger partial charge in [0.25, 0.3) is 5.56 Å². The van der Waals surface area contributed by atoms with Crippen LogP contribution in [0.3, 0.4) is 0 Å². The van der Waals surface area contributed by atoms with Gasteiger partial charge in [-0.15, -0.1) is 5.10 Å². The molecule has 0 aliphatic carbocycles. The summed E-state index contributed by atoms with van der Waals surface area (Å²) in [4.78, 5) is 18.1. The smallest absolute Gasteiger partial charge is 0.291 e. The molecular formula is C25H25N3O4S. The Kier molecular flexibility index (Phi) is 6.26. The van der Waals surface area contributed by atoms with Crippen molar-refractivity contribution in [3.05, 3.63) is 74.8 Å². The summed E-state index contributed by atoms with van der Waals surface area (Å²) in [6.45, 7) is 3.15. The fourth-order valence-electron chi connectivity index (χ4n) is 3.72. The molecule has 1 atom stereocenters. The molecule has 4 aromatic rings. The lowest BCUT2D eigenvalue weighted by molar-refractivity contribution is 0.0852. The molecule has 0 saturated heterocycles. The zero-order chi connectivity index (χ0) is 22.6. The summed E-state index contributed by atoms with van der Waals surface area (Å²) in [5.74, 6) is 2.56. The summed E-state index contributed by atoms with van der Waals surface area (Å²) in [5.41, 5.74) is 0.666. The molecule has 1 aliphatic rings. The minimum absolute atomic E-state index is 0.205. The highest BCUT2D eigenvalue weighted by atomic mass is 32.1. The Morgan fingerprint density at radius 3 is 2.79 bits per heavy atom. The number of fused-ring (bicyclic) bond motifs is 2. The van der Waals surface area contributed by atoms with Crippen LogP contribution < -0.4 is 24.3 Å². The summed E-state index contributed by atoms with van der Waals surface area (Å²) >= 11 is 1.30. The van der Waals surface area contributed by atoms with E-state index in [1.807, 2.05) is 54.6 Å². The number of hydrogen-bond acceptors (Lipinski definition) is 7. The van der Waals surface area contributed by atoms with E-state index < -0.39 is 6.10 Å². The van der Waals surface area contributed by atoms with E-state index in [0.29, 0.717) is 40.0 Å². The van der Waals surface area contributed by atoms with Crippen molar-refractivity contribution in [1.82, 2.24) is 14.6 Å². The molecule has 8 heteroatoms. The first-order valence-electron chi connectivity index (χ1n) is 11.2. The highest BCUT2D eigenvalue weighted by Gasteiger charge is 2.27. The molecule has 0 amide bonds. The van der Waals surface area contributed by atoms with Gasteiger partial charge in [-0.05, 0) is 30.7 Å². The number of ether oxygens (including phenoxy) is 3. The molecule has 0 saturated carbocycles. The summed E-state index contributed by atoms with van der Waals surface area (Å²) < 4.78 is 19.6. The van der Waals surface area contributed by atoms with E-state index in [-0.39, 0.29) is 5.56 Å². The zero-order valence-electron chi connectivity index (χ0n) is 18.4. The Morgan fingerprint density at radius 1 is 1.12 bits per heavy atom. The molecule has 0 N–H and O–H groups in total. The summed E-state index contributed by atoms with van der Waals surface area (Å²) in [7, 11) is 0. The quantitative estimate of drug-likeness (QED) is 0.365. The fraction of sp³-hybridized carbons (Fsp3) is 0.320. The number of rotatable bonds is 8. The van der Waals surface area contributed by atoms with E-state index in [1.54, 1.807) is 0 Å². The molecule has 7 nitrogen and oxygen atoms in total. The highest BCUT2D eigenvalue weighted by Crippen LogP contribution is 2.35. The third kappa shape index (κ3) is 4.57. The number of nitrogens with zero attached hydrogens (tertiary/aromatic N) is 3. The molecule has 0 spiro atoms. The van der Waals surface area contributed by atoms with Crippen LogP contribution >= 0.6 is 11.3 Å². The monoisotopic (exact) mass is 463 g/mol. The molecule has 2 aromatic carbocycles. The zero-order valence-corrected chi connectivity index (χ0v) is 19.2. The van der Waals surface area contributed by atoms with Crippen molar-refractivity contribution >= 4 is 22.4 Å². The number of hydrogen-bond donors (Lipinski definition) is 0. The maximum absolute atomic E-state index is 13.0. The summed E-state index contributed by atoms with van der Waals surface area (Å²) in [6, 6.07) is 15.2. The van der Waals surface area contributed by atoms with E-state index in [4.69, 9.17) is 14.2 Å². The van der Waals surface area contributed by atoms with Gasteiger partial charge < -0.3 is 14.2 Å². The normalized spacial score (nSPS) is 15.8. The summed E-state index contributed by atoms with van der Waals surface area (Å²) in [5, 5.41) is 4.42. The largest absolute Gasteiger partial charge is 0.493 e. The van der Waals surface area contributed by atoms with Gasteiger partial charge >= 0.3 is 0 Å². The SMILES string of the molecule is CCCCCCOc1ccccc1C=c1sc2nc(C3COc4ccccc4O3)nn2c1=O. The van der Waals surface area contributed by atoms with Gasteiger partial charge in [-0.2, -0.15) is 9.50 Å². The highest BCUT2D eigenvalue weighted by molar-refractivity contribution is 7.15. The Balaban J connectivity index is 1.37. The molecule has 0 bridgehead atoms. The molecule has 0 radical (unpaired) electrons. The molecule has 170 valence electrons.